The highest BCUT2D eigenvalue weighted by molar-refractivity contribution is 6.30. The molecule has 6 heteroatoms. The molecule has 0 aliphatic rings. The van der Waals surface area contributed by atoms with Gasteiger partial charge in [0.05, 0.1) is 6.61 Å². The predicted octanol–water partition coefficient (Wildman–Crippen LogP) is 3.42. The highest BCUT2D eigenvalue weighted by Gasteiger charge is 2.17. The fourth-order valence-corrected chi connectivity index (χ4v) is 1.84. The second kappa shape index (κ2) is 8.22. The summed E-state index contributed by atoms with van der Waals surface area (Å²) in [6.07, 6.45) is -0.483. The molecule has 0 radical (unpaired) electrons. The van der Waals surface area contributed by atoms with Gasteiger partial charge in [0.15, 0.2) is 0 Å². The first kappa shape index (κ1) is 17.8. The number of amides is 1. The summed E-state index contributed by atoms with van der Waals surface area (Å²) in [4.78, 5) is 11.8. The molecular formula is C15H23ClN2O3. The number of hydrogen-bond donors (Lipinski definition) is 2. The van der Waals surface area contributed by atoms with Crippen molar-refractivity contribution in [1.82, 2.24) is 5.32 Å². The van der Waals surface area contributed by atoms with Crippen molar-refractivity contribution >= 4 is 23.4 Å². The van der Waals surface area contributed by atoms with Crippen molar-refractivity contribution in [2.75, 3.05) is 25.6 Å². The molecule has 21 heavy (non-hydrogen) atoms. The van der Waals surface area contributed by atoms with Crippen molar-refractivity contribution in [3.05, 3.63) is 28.8 Å². The Morgan fingerprint density at radius 3 is 2.67 bits per heavy atom. The van der Waals surface area contributed by atoms with E-state index in [2.05, 4.69) is 10.6 Å². The summed E-state index contributed by atoms with van der Waals surface area (Å²) in [5.41, 5.74) is 1.04. The second-order valence-corrected chi connectivity index (χ2v) is 6.03. The van der Waals surface area contributed by atoms with Crippen LogP contribution in [-0.2, 0) is 16.0 Å². The van der Waals surface area contributed by atoms with Gasteiger partial charge in [0.25, 0.3) is 0 Å². The summed E-state index contributed by atoms with van der Waals surface area (Å²) in [6.45, 7) is 7.38. The lowest BCUT2D eigenvalue weighted by Gasteiger charge is -2.20. The fraction of sp³-hybridized carbons (Fsp3) is 0.533. The molecule has 0 aliphatic heterocycles. The average Bonchev–Trinajstić information content (AvgIpc) is 2.35. The van der Waals surface area contributed by atoms with Gasteiger partial charge in [-0.25, -0.2) is 4.79 Å². The van der Waals surface area contributed by atoms with E-state index >= 15 is 0 Å². The van der Waals surface area contributed by atoms with Crippen LogP contribution in [-0.4, -0.2) is 32.0 Å². The van der Waals surface area contributed by atoms with E-state index in [1.807, 2.05) is 26.8 Å². The number of methoxy groups -OCH3 is 1. The molecule has 1 amide bonds. The molecule has 0 spiro atoms. The van der Waals surface area contributed by atoms with Crippen LogP contribution in [0.25, 0.3) is 0 Å². The maximum absolute atomic E-state index is 11.8. The Bertz CT molecular complexity index is 472. The minimum Gasteiger partial charge on any atom is -0.444 e. The Kier molecular flexibility index (Phi) is 6.95. The molecule has 5 nitrogen and oxygen atoms in total. The van der Waals surface area contributed by atoms with E-state index in [1.54, 1.807) is 19.2 Å². The van der Waals surface area contributed by atoms with Gasteiger partial charge in [0, 0.05) is 30.9 Å². The molecule has 2 N–H and O–H groups in total. The van der Waals surface area contributed by atoms with E-state index in [-0.39, 0.29) is 0 Å². The smallest absolute Gasteiger partial charge is 0.412 e. The van der Waals surface area contributed by atoms with Crippen LogP contribution in [0.3, 0.4) is 0 Å². The summed E-state index contributed by atoms with van der Waals surface area (Å²) in [5.74, 6) is 0. The van der Waals surface area contributed by atoms with Crippen LogP contribution in [0.5, 0.6) is 0 Å². The van der Waals surface area contributed by atoms with Gasteiger partial charge in [-0.3, -0.25) is 5.32 Å². The SMILES string of the molecule is COCCNCc1cc(Cl)ccc1NC(=O)OC(C)(C)C. The van der Waals surface area contributed by atoms with E-state index in [9.17, 15) is 4.79 Å². The Balaban J connectivity index is 2.70. The first-order valence-electron chi connectivity index (χ1n) is 6.80. The van der Waals surface area contributed by atoms with Crippen molar-refractivity contribution in [2.45, 2.75) is 32.9 Å². The minimum absolute atomic E-state index is 0.483. The summed E-state index contributed by atoms with van der Waals surface area (Å²) in [6, 6.07) is 5.31. The Hall–Kier alpha value is -1.30. The predicted molar refractivity (Wildman–Crippen MR) is 84.9 cm³/mol. The molecule has 1 aromatic carbocycles. The second-order valence-electron chi connectivity index (χ2n) is 5.60. The van der Waals surface area contributed by atoms with E-state index in [0.29, 0.717) is 23.9 Å². The van der Waals surface area contributed by atoms with E-state index in [1.165, 1.54) is 0 Å². The molecule has 0 aromatic heterocycles. The number of hydrogen-bond acceptors (Lipinski definition) is 4. The lowest BCUT2D eigenvalue weighted by atomic mass is 10.1. The van der Waals surface area contributed by atoms with Crippen LogP contribution in [0.15, 0.2) is 18.2 Å². The Morgan fingerprint density at radius 1 is 1.33 bits per heavy atom. The molecule has 0 bridgehead atoms. The van der Waals surface area contributed by atoms with Crippen molar-refractivity contribution in [1.29, 1.82) is 0 Å². The number of carbonyl (C=O) groups excluding carboxylic acids is 1. The van der Waals surface area contributed by atoms with E-state index in [4.69, 9.17) is 21.1 Å². The molecule has 0 saturated heterocycles. The fourth-order valence-electron chi connectivity index (χ4n) is 1.64. The van der Waals surface area contributed by atoms with Crippen LogP contribution in [0.4, 0.5) is 10.5 Å². The molecule has 118 valence electrons. The van der Waals surface area contributed by atoms with Crippen LogP contribution in [0.2, 0.25) is 5.02 Å². The van der Waals surface area contributed by atoms with E-state index < -0.39 is 11.7 Å². The van der Waals surface area contributed by atoms with Gasteiger partial charge in [0.1, 0.15) is 5.60 Å². The lowest BCUT2D eigenvalue weighted by molar-refractivity contribution is 0.0635. The van der Waals surface area contributed by atoms with Crippen molar-refractivity contribution < 1.29 is 14.3 Å². The van der Waals surface area contributed by atoms with Gasteiger partial charge in [-0.2, -0.15) is 0 Å². The molecular weight excluding hydrogens is 292 g/mol. The summed E-state index contributed by atoms with van der Waals surface area (Å²) < 4.78 is 10.2. The van der Waals surface area contributed by atoms with Gasteiger partial charge in [-0.05, 0) is 44.5 Å². The number of anilines is 1. The zero-order valence-corrected chi connectivity index (χ0v) is 13.7. The van der Waals surface area contributed by atoms with Crippen LogP contribution >= 0.6 is 11.6 Å². The number of ether oxygens (including phenoxy) is 2. The van der Waals surface area contributed by atoms with Crippen LogP contribution < -0.4 is 10.6 Å². The summed E-state index contributed by atoms with van der Waals surface area (Å²) in [5, 5.41) is 6.58. The average molecular weight is 315 g/mol. The largest absolute Gasteiger partial charge is 0.444 e. The van der Waals surface area contributed by atoms with E-state index in [0.717, 1.165) is 12.1 Å². The summed E-state index contributed by atoms with van der Waals surface area (Å²) >= 11 is 6.00. The summed E-state index contributed by atoms with van der Waals surface area (Å²) in [7, 11) is 1.65. The van der Waals surface area contributed by atoms with Crippen molar-refractivity contribution in [3.63, 3.8) is 0 Å². The third-order valence-corrected chi connectivity index (χ3v) is 2.74. The molecule has 0 fully saturated rings. The number of rotatable bonds is 6. The van der Waals surface area contributed by atoms with Gasteiger partial charge in [-0.15, -0.1) is 0 Å². The normalized spacial score (nSPS) is 11.3. The lowest BCUT2D eigenvalue weighted by Crippen LogP contribution is -2.28. The molecule has 0 atom stereocenters. The number of halogens is 1. The number of carbonyl (C=O) groups is 1. The molecule has 1 aromatic rings. The molecule has 0 aliphatic carbocycles. The number of nitrogens with one attached hydrogen (secondary N) is 2. The minimum atomic E-state index is -0.534. The molecule has 0 saturated carbocycles. The number of benzene rings is 1. The maximum Gasteiger partial charge on any atom is 0.412 e. The van der Waals surface area contributed by atoms with Crippen molar-refractivity contribution in [3.8, 4) is 0 Å². The van der Waals surface area contributed by atoms with Gasteiger partial charge in [0.2, 0.25) is 0 Å². The Labute approximate surface area is 131 Å². The molecule has 0 unspecified atom stereocenters. The van der Waals surface area contributed by atoms with Gasteiger partial charge >= 0.3 is 6.09 Å². The quantitative estimate of drug-likeness (QED) is 0.790. The first-order valence-corrected chi connectivity index (χ1v) is 7.17. The van der Waals surface area contributed by atoms with Crippen molar-refractivity contribution in [2.24, 2.45) is 0 Å². The Morgan fingerprint density at radius 2 is 2.05 bits per heavy atom. The molecule has 1 rings (SSSR count). The maximum atomic E-state index is 11.8. The van der Waals surface area contributed by atoms with Crippen LogP contribution in [0, 0.1) is 0 Å². The standard InChI is InChI=1S/C15H23ClN2O3/c1-15(2,3)21-14(19)18-13-6-5-12(16)9-11(13)10-17-7-8-20-4/h5-6,9,17H,7-8,10H2,1-4H3,(H,18,19). The highest BCUT2D eigenvalue weighted by atomic mass is 35.5. The zero-order valence-electron chi connectivity index (χ0n) is 13.0. The van der Waals surface area contributed by atoms with Crippen LogP contribution in [0.1, 0.15) is 26.3 Å². The van der Waals surface area contributed by atoms with Gasteiger partial charge < -0.3 is 14.8 Å². The third kappa shape index (κ3) is 7.32. The zero-order chi connectivity index (χ0) is 15.9. The molecule has 0 heterocycles. The highest BCUT2D eigenvalue weighted by Crippen LogP contribution is 2.21. The third-order valence-electron chi connectivity index (χ3n) is 2.50. The van der Waals surface area contributed by atoms with Gasteiger partial charge in [-0.1, -0.05) is 11.6 Å². The topological polar surface area (TPSA) is 59.6 Å². The monoisotopic (exact) mass is 314 g/mol. The first-order chi connectivity index (χ1) is 9.81.